The van der Waals surface area contributed by atoms with Gasteiger partial charge in [-0.2, -0.15) is 0 Å². The highest BCUT2D eigenvalue weighted by Gasteiger charge is 2.27. The van der Waals surface area contributed by atoms with Crippen LogP contribution in [-0.2, 0) is 0 Å². The molecule has 1 saturated heterocycles. The van der Waals surface area contributed by atoms with Crippen LogP contribution in [-0.4, -0.2) is 35.1 Å². The summed E-state index contributed by atoms with van der Waals surface area (Å²) in [7, 11) is 0. The molecule has 92 valence electrons. The molecular formula is C11H12F2N2O2. The molecule has 1 fully saturated rings. The number of rotatable bonds is 1. The van der Waals surface area contributed by atoms with E-state index in [1.54, 1.807) is 0 Å². The molecule has 1 atom stereocenters. The third-order valence-electron chi connectivity index (χ3n) is 2.77. The summed E-state index contributed by atoms with van der Waals surface area (Å²) >= 11 is 0. The van der Waals surface area contributed by atoms with E-state index in [9.17, 15) is 18.7 Å². The number of aliphatic hydroxyl groups excluding tert-OH is 1. The lowest BCUT2D eigenvalue weighted by atomic mass is 10.1. The van der Waals surface area contributed by atoms with Crippen LogP contribution >= 0.6 is 0 Å². The van der Waals surface area contributed by atoms with Crippen molar-refractivity contribution in [3.05, 3.63) is 29.3 Å². The number of carbonyl (C=O) groups excluding carboxylic acids is 1. The molecule has 6 heteroatoms. The zero-order valence-electron chi connectivity index (χ0n) is 8.99. The molecule has 0 unspecified atom stereocenters. The highest BCUT2D eigenvalue weighted by molar-refractivity contribution is 5.95. The van der Waals surface area contributed by atoms with Crippen molar-refractivity contribution < 1.29 is 18.7 Å². The quantitative estimate of drug-likeness (QED) is 0.714. The first-order valence-electron chi connectivity index (χ1n) is 5.21. The number of β-amino-alcohol motifs (C(OH)–C–C–N with tert-alkyl or cyclic N) is 1. The third kappa shape index (κ3) is 2.21. The Balaban J connectivity index is 2.28. The van der Waals surface area contributed by atoms with Gasteiger partial charge in [0.05, 0.1) is 17.4 Å². The summed E-state index contributed by atoms with van der Waals surface area (Å²) in [6.07, 6.45) is -0.121. The average Bonchev–Trinajstić information content (AvgIpc) is 2.69. The maximum Gasteiger partial charge on any atom is 0.256 e. The predicted molar refractivity (Wildman–Crippen MR) is 57.3 cm³/mol. The first kappa shape index (κ1) is 11.8. The first-order valence-corrected chi connectivity index (χ1v) is 5.21. The van der Waals surface area contributed by atoms with Crippen molar-refractivity contribution in [2.24, 2.45) is 0 Å². The molecule has 1 aromatic rings. The number of likely N-dealkylation sites (tertiary alicyclic amines) is 1. The standard InChI is InChI=1S/C11H12F2N2O2/c12-8-4-9(13)10(14)3-7(8)11(17)15-2-1-6(16)5-15/h3-4,6,16H,1-2,5,14H2/t6-/m0/s1. The van der Waals surface area contributed by atoms with Gasteiger partial charge in [0.1, 0.15) is 11.6 Å². The minimum Gasteiger partial charge on any atom is -0.396 e. The molecule has 0 saturated carbocycles. The number of anilines is 1. The molecule has 1 amide bonds. The number of nitrogens with zero attached hydrogens (tertiary/aromatic N) is 1. The first-order chi connectivity index (χ1) is 7.99. The number of benzene rings is 1. The van der Waals surface area contributed by atoms with Gasteiger partial charge in [-0.1, -0.05) is 0 Å². The average molecular weight is 242 g/mol. The zero-order valence-corrected chi connectivity index (χ0v) is 8.99. The number of nitrogen functional groups attached to an aromatic ring is 1. The Morgan fingerprint density at radius 3 is 2.71 bits per heavy atom. The zero-order chi connectivity index (χ0) is 12.6. The minimum atomic E-state index is -0.942. The monoisotopic (exact) mass is 242 g/mol. The molecule has 0 spiro atoms. The van der Waals surface area contributed by atoms with Gasteiger partial charge in [-0.05, 0) is 12.5 Å². The summed E-state index contributed by atoms with van der Waals surface area (Å²) in [4.78, 5) is 13.2. The van der Waals surface area contributed by atoms with Gasteiger partial charge in [0, 0.05) is 19.2 Å². The van der Waals surface area contributed by atoms with Gasteiger partial charge in [0.15, 0.2) is 0 Å². The summed E-state index contributed by atoms with van der Waals surface area (Å²) in [5, 5.41) is 9.29. The van der Waals surface area contributed by atoms with E-state index in [2.05, 4.69) is 0 Å². The minimum absolute atomic E-state index is 0.162. The molecule has 1 aliphatic rings. The second-order valence-electron chi connectivity index (χ2n) is 4.05. The van der Waals surface area contributed by atoms with Gasteiger partial charge in [-0.25, -0.2) is 8.78 Å². The van der Waals surface area contributed by atoms with Gasteiger partial charge in [0.25, 0.3) is 5.91 Å². The van der Waals surface area contributed by atoms with Crippen molar-refractivity contribution >= 4 is 11.6 Å². The molecule has 1 heterocycles. The molecule has 17 heavy (non-hydrogen) atoms. The van der Waals surface area contributed by atoms with Crippen molar-refractivity contribution in [1.82, 2.24) is 4.90 Å². The summed E-state index contributed by atoms with van der Waals surface area (Å²) < 4.78 is 26.4. The predicted octanol–water partition coefficient (Wildman–Crippen LogP) is 0.754. The van der Waals surface area contributed by atoms with E-state index >= 15 is 0 Å². The smallest absolute Gasteiger partial charge is 0.256 e. The maximum absolute atomic E-state index is 13.4. The molecule has 0 radical (unpaired) electrons. The van der Waals surface area contributed by atoms with Crippen LogP contribution in [0, 0.1) is 11.6 Å². The number of carbonyl (C=O) groups is 1. The second-order valence-corrected chi connectivity index (χ2v) is 4.05. The molecule has 0 aliphatic carbocycles. The SMILES string of the molecule is Nc1cc(C(=O)N2CC[C@H](O)C2)c(F)cc1F. The number of nitrogens with two attached hydrogens (primary N) is 1. The molecule has 0 aromatic heterocycles. The van der Waals surface area contributed by atoms with Crippen LogP contribution in [0.4, 0.5) is 14.5 Å². The van der Waals surface area contributed by atoms with Gasteiger partial charge >= 0.3 is 0 Å². The summed E-state index contributed by atoms with van der Waals surface area (Å²) in [6.45, 7) is 0.520. The lowest BCUT2D eigenvalue weighted by molar-refractivity contribution is 0.0760. The molecular weight excluding hydrogens is 230 g/mol. The van der Waals surface area contributed by atoms with Crippen LogP contribution in [0.3, 0.4) is 0 Å². The fraction of sp³-hybridized carbons (Fsp3) is 0.364. The van der Waals surface area contributed by atoms with Crippen LogP contribution in [0.5, 0.6) is 0 Å². The fourth-order valence-electron chi connectivity index (χ4n) is 1.83. The molecule has 1 aromatic carbocycles. The van der Waals surface area contributed by atoms with E-state index in [0.29, 0.717) is 19.0 Å². The van der Waals surface area contributed by atoms with Crippen molar-refractivity contribution in [1.29, 1.82) is 0 Å². The van der Waals surface area contributed by atoms with Crippen molar-refractivity contribution in [2.75, 3.05) is 18.8 Å². The van der Waals surface area contributed by atoms with Crippen LogP contribution in [0.25, 0.3) is 0 Å². The molecule has 4 nitrogen and oxygen atoms in total. The fourth-order valence-corrected chi connectivity index (χ4v) is 1.83. The number of hydrogen-bond donors (Lipinski definition) is 2. The highest BCUT2D eigenvalue weighted by atomic mass is 19.1. The van der Waals surface area contributed by atoms with Crippen molar-refractivity contribution in [3.8, 4) is 0 Å². The van der Waals surface area contributed by atoms with Crippen LogP contribution in [0.15, 0.2) is 12.1 Å². The lowest BCUT2D eigenvalue weighted by Gasteiger charge is -2.16. The van der Waals surface area contributed by atoms with Crippen LogP contribution in [0.1, 0.15) is 16.8 Å². The van der Waals surface area contributed by atoms with Gasteiger partial charge in [-0.3, -0.25) is 4.79 Å². The van der Waals surface area contributed by atoms with Crippen LogP contribution < -0.4 is 5.73 Å². The van der Waals surface area contributed by atoms with Gasteiger partial charge in [0.2, 0.25) is 0 Å². The third-order valence-corrected chi connectivity index (χ3v) is 2.77. The largest absolute Gasteiger partial charge is 0.396 e. The Kier molecular flexibility index (Phi) is 2.97. The summed E-state index contributed by atoms with van der Waals surface area (Å²) in [6, 6.07) is 1.58. The molecule has 2 rings (SSSR count). The molecule has 3 N–H and O–H groups in total. The number of aliphatic hydroxyl groups is 1. The van der Waals surface area contributed by atoms with Crippen molar-refractivity contribution in [2.45, 2.75) is 12.5 Å². The highest BCUT2D eigenvalue weighted by Crippen LogP contribution is 2.20. The van der Waals surface area contributed by atoms with E-state index < -0.39 is 23.6 Å². The Hall–Kier alpha value is -1.69. The lowest BCUT2D eigenvalue weighted by Crippen LogP contribution is -2.30. The van der Waals surface area contributed by atoms with Crippen LogP contribution in [0.2, 0.25) is 0 Å². The Bertz CT molecular complexity index is 465. The van der Waals surface area contributed by atoms with E-state index in [-0.39, 0.29) is 17.8 Å². The normalized spacial score (nSPS) is 19.7. The van der Waals surface area contributed by atoms with Gasteiger partial charge < -0.3 is 15.7 Å². The van der Waals surface area contributed by atoms with Gasteiger partial charge in [-0.15, -0.1) is 0 Å². The molecule has 0 bridgehead atoms. The van der Waals surface area contributed by atoms with E-state index in [1.165, 1.54) is 4.90 Å². The number of amides is 1. The Morgan fingerprint density at radius 2 is 2.12 bits per heavy atom. The second kappa shape index (κ2) is 4.29. The number of halogens is 2. The summed E-state index contributed by atoms with van der Waals surface area (Å²) in [5.74, 6) is -2.41. The number of hydrogen-bond acceptors (Lipinski definition) is 3. The van der Waals surface area contributed by atoms with Crippen molar-refractivity contribution in [3.63, 3.8) is 0 Å². The topological polar surface area (TPSA) is 66.6 Å². The maximum atomic E-state index is 13.4. The molecule has 1 aliphatic heterocycles. The van der Waals surface area contributed by atoms with E-state index in [1.807, 2.05) is 0 Å². The Labute approximate surface area is 96.6 Å². The van der Waals surface area contributed by atoms with E-state index in [0.717, 1.165) is 6.07 Å². The van der Waals surface area contributed by atoms with E-state index in [4.69, 9.17) is 5.73 Å². The Morgan fingerprint density at radius 1 is 1.41 bits per heavy atom. The summed E-state index contributed by atoms with van der Waals surface area (Å²) in [5.41, 5.74) is 4.76.